The molecule has 4 rings (SSSR count). The third kappa shape index (κ3) is 3.91. The van der Waals surface area contributed by atoms with Crippen molar-refractivity contribution in [2.24, 2.45) is 0 Å². The molecule has 0 atom stereocenters. The van der Waals surface area contributed by atoms with E-state index >= 15 is 0 Å². The van der Waals surface area contributed by atoms with E-state index in [0.717, 1.165) is 22.3 Å². The highest BCUT2D eigenvalue weighted by atomic mass is 32.2. The van der Waals surface area contributed by atoms with Crippen LogP contribution in [-0.2, 0) is 10.0 Å². The number of carbonyl (C=O) groups is 1. The van der Waals surface area contributed by atoms with Gasteiger partial charge in [0.05, 0.1) is 20.2 Å². The lowest BCUT2D eigenvalue weighted by atomic mass is 10.2. The van der Waals surface area contributed by atoms with Gasteiger partial charge in [0, 0.05) is 43.8 Å². The molecule has 3 aromatic rings. The number of hydrogen-bond acceptors (Lipinski definition) is 7. The Morgan fingerprint density at radius 1 is 1.16 bits per heavy atom. The lowest BCUT2D eigenvalue weighted by Crippen LogP contribution is -2.50. The van der Waals surface area contributed by atoms with Gasteiger partial charge in [-0.3, -0.25) is 19.9 Å². The molecule has 0 radical (unpaired) electrons. The van der Waals surface area contributed by atoms with Crippen molar-refractivity contribution in [2.45, 2.75) is 18.7 Å². The van der Waals surface area contributed by atoms with Gasteiger partial charge in [-0.2, -0.15) is 4.31 Å². The average Bonchev–Trinajstić information content (AvgIpc) is 3.14. The second kappa shape index (κ2) is 7.98. The second-order valence-corrected chi connectivity index (χ2v) is 10.5. The summed E-state index contributed by atoms with van der Waals surface area (Å²) in [7, 11) is -3.78. The Morgan fingerprint density at radius 2 is 1.87 bits per heavy atom. The van der Waals surface area contributed by atoms with E-state index in [1.165, 1.54) is 15.3 Å². The molecule has 1 saturated heterocycles. The first-order valence-electron chi connectivity index (χ1n) is 9.58. The van der Waals surface area contributed by atoms with Crippen molar-refractivity contribution in [3.8, 4) is 0 Å². The first-order valence-corrected chi connectivity index (χ1v) is 11.8. The maximum atomic E-state index is 13.3. The van der Waals surface area contributed by atoms with Crippen LogP contribution in [0.1, 0.15) is 20.1 Å². The Labute approximate surface area is 183 Å². The number of rotatable bonds is 4. The van der Waals surface area contributed by atoms with Crippen molar-refractivity contribution in [3.63, 3.8) is 0 Å². The summed E-state index contributed by atoms with van der Waals surface area (Å²) in [6, 6.07) is 8.25. The van der Waals surface area contributed by atoms with Crippen molar-refractivity contribution < 1.29 is 18.1 Å². The quantitative estimate of drug-likeness (QED) is 0.437. The van der Waals surface area contributed by atoms with Crippen LogP contribution in [-0.4, -0.2) is 59.6 Å². The first kappa shape index (κ1) is 21.3. The molecule has 1 fully saturated rings. The van der Waals surface area contributed by atoms with E-state index in [4.69, 9.17) is 0 Å². The Morgan fingerprint density at radius 3 is 2.52 bits per heavy atom. The summed E-state index contributed by atoms with van der Waals surface area (Å²) in [4.78, 5) is 30.1. The number of aryl methyl sites for hydroxylation is 2. The Kier molecular flexibility index (Phi) is 5.50. The number of benzene rings is 1. The van der Waals surface area contributed by atoms with Crippen LogP contribution in [0.3, 0.4) is 0 Å². The molecular weight excluding hydrogens is 440 g/mol. The molecule has 0 unspecified atom stereocenters. The van der Waals surface area contributed by atoms with Gasteiger partial charge in [-0.15, -0.1) is 11.3 Å². The Hall–Kier alpha value is -2.89. The number of para-hydroxylation sites is 1. The minimum atomic E-state index is -3.78. The van der Waals surface area contributed by atoms with E-state index in [9.17, 15) is 23.3 Å². The van der Waals surface area contributed by atoms with E-state index in [2.05, 4.69) is 4.98 Å². The number of nitrogens with zero attached hydrogens (tertiary/aromatic N) is 4. The van der Waals surface area contributed by atoms with Crippen LogP contribution in [0.5, 0.6) is 0 Å². The molecule has 0 bridgehead atoms. The maximum Gasteiger partial charge on any atom is 0.283 e. The highest BCUT2D eigenvalue weighted by molar-refractivity contribution is 7.89. The minimum absolute atomic E-state index is 0.0757. The number of aromatic nitrogens is 1. The van der Waals surface area contributed by atoms with Crippen LogP contribution < -0.4 is 0 Å². The van der Waals surface area contributed by atoms with Crippen LogP contribution in [0.15, 0.2) is 41.4 Å². The molecule has 31 heavy (non-hydrogen) atoms. The number of nitro groups is 1. The fourth-order valence-corrected chi connectivity index (χ4v) is 6.18. The molecule has 162 valence electrons. The molecule has 1 amide bonds. The van der Waals surface area contributed by atoms with Crippen LogP contribution in [0, 0.1) is 24.0 Å². The number of carbonyl (C=O) groups excluding carboxylic acids is 1. The molecule has 1 aliphatic rings. The van der Waals surface area contributed by atoms with E-state index in [1.54, 1.807) is 25.3 Å². The molecule has 0 aliphatic carbocycles. The predicted molar refractivity (Wildman–Crippen MR) is 117 cm³/mol. The third-order valence-electron chi connectivity index (χ3n) is 5.25. The fourth-order valence-electron chi connectivity index (χ4n) is 3.64. The predicted octanol–water partition coefficient (Wildman–Crippen LogP) is 2.97. The molecular formula is C20H20N4O5S2. The van der Waals surface area contributed by atoms with Gasteiger partial charge in [-0.25, -0.2) is 8.42 Å². The first-order chi connectivity index (χ1) is 14.7. The van der Waals surface area contributed by atoms with Gasteiger partial charge in [-0.1, -0.05) is 12.1 Å². The number of piperazine rings is 1. The van der Waals surface area contributed by atoms with Gasteiger partial charge in [0.2, 0.25) is 10.0 Å². The molecule has 11 heteroatoms. The van der Waals surface area contributed by atoms with Crippen molar-refractivity contribution >= 4 is 43.9 Å². The van der Waals surface area contributed by atoms with E-state index < -0.39 is 14.9 Å². The van der Waals surface area contributed by atoms with Crippen LogP contribution >= 0.6 is 11.3 Å². The maximum absolute atomic E-state index is 13.3. The van der Waals surface area contributed by atoms with Gasteiger partial charge < -0.3 is 4.90 Å². The zero-order chi connectivity index (χ0) is 22.3. The van der Waals surface area contributed by atoms with Gasteiger partial charge in [0.15, 0.2) is 0 Å². The minimum Gasteiger partial charge on any atom is -0.335 e. The highest BCUT2D eigenvalue weighted by Crippen LogP contribution is 2.30. The zero-order valence-electron chi connectivity index (χ0n) is 16.9. The SMILES string of the molecule is Cc1cnc2c(S(=O)(=O)N3CCN(C(=O)c4cc([N+](=O)[O-])c(C)s4)CC3)cccc2c1. The lowest BCUT2D eigenvalue weighted by molar-refractivity contribution is -0.385. The standard InChI is InChI=1S/C20H20N4O5S2/c1-13-10-15-4-3-5-18(19(15)21-12-13)31(28,29)23-8-6-22(7-9-23)20(25)17-11-16(24(26)27)14(2)30-17/h3-5,10-12H,6-9H2,1-2H3. The molecule has 0 saturated carbocycles. The molecule has 1 aliphatic heterocycles. The normalized spacial score (nSPS) is 15.4. The molecule has 1 aromatic carbocycles. The second-order valence-electron chi connectivity index (χ2n) is 7.35. The summed E-state index contributed by atoms with van der Waals surface area (Å²) in [6.07, 6.45) is 1.64. The molecule has 0 N–H and O–H groups in total. The van der Waals surface area contributed by atoms with Gasteiger partial charge in [-0.05, 0) is 31.5 Å². The van der Waals surface area contributed by atoms with Gasteiger partial charge >= 0.3 is 0 Å². The number of amides is 1. The lowest BCUT2D eigenvalue weighted by Gasteiger charge is -2.33. The molecule has 9 nitrogen and oxygen atoms in total. The Bertz CT molecular complexity index is 1290. The van der Waals surface area contributed by atoms with E-state index in [0.29, 0.717) is 10.4 Å². The zero-order valence-corrected chi connectivity index (χ0v) is 18.6. The van der Waals surface area contributed by atoms with Crippen LogP contribution in [0.25, 0.3) is 10.9 Å². The van der Waals surface area contributed by atoms with Crippen molar-refractivity contribution in [1.29, 1.82) is 0 Å². The van der Waals surface area contributed by atoms with Crippen LogP contribution in [0.2, 0.25) is 0 Å². The van der Waals surface area contributed by atoms with E-state index in [1.807, 2.05) is 19.1 Å². The molecule has 0 spiro atoms. The van der Waals surface area contributed by atoms with Crippen molar-refractivity contribution in [3.05, 3.63) is 62.0 Å². The Balaban J connectivity index is 1.53. The third-order valence-corrected chi connectivity index (χ3v) is 8.21. The highest BCUT2D eigenvalue weighted by Gasteiger charge is 2.33. The smallest absolute Gasteiger partial charge is 0.283 e. The largest absolute Gasteiger partial charge is 0.335 e. The topological polar surface area (TPSA) is 114 Å². The fraction of sp³-hybridized carbons (Fsp3) is 0.300. The number of thiophene rings is 1. The summed E-state index contributed by atoms with van der Waals surface area (Å²) < 4.78 is 27.9. The monoisotopic (exact) mass is 460 g/mol. The number of hydrogen-bond donors (Lipinski definition) is 0. The summed E-state index contributed by atoms with van der Waals surface area (Å²) in [5.41, 5.74) is 1.29. The summed E-state index contributed by atoms with van der Waals surface area (Å²) >= 11 is 1.08. The number of pyridine rings is 1. The summed E-state index contributed by atoms with van der Waals surface area (Å²) in [5.74, 6) is -0.319. The van der Waals surface area contributed by atoms with Crippen molar-refractivity contribution in [1.82, 2.24) is 14.2 Å². The van der Waals surface area contributed by atoms with E-state index in [-0.39, 0.29) is 47.5 Å². The van der Waals surface area contributed by atoms with Gasteiger partial charge in [0.25, 0.3) is 11.6 Å². The van der Waals surface area contributed by atoms with Gasteiger partial charge in [0.1, 0.15) is 4.90 Å². The number of fused-ring (bicyclic) bond motifs is 1. The average molecular weight is 461 g/mol. The van der Waals surface area contributed by atoms with Crippen LogP contribution in [0.4, 0.5) is 5.69 Å². The van der Waals surface area contributed by atoms with Crippen molar-refractivity contribution in [2.75, 3.05) is 26.2 Å². The molecule has 2 aromatic heterocycles. The summed E-state index contributed by atoms with van der Waals surface area (Å²) in [6.45, 7) is 4.20. The number of sulfonamides is 1. The summed E-state index contributed by atoms with van der Waals surface area (Å²) in [5, 5.41) is 11.8. The molecule has 3 heterocycles.